The summed E-state index contributed by atoms with van der Waals surface area (Å²) in [6.07, 6.45) is 0. The van der Waals surface area contributed by atoms with Gasteiger partial charge in [-0.25, -0.2) is 0 Å². The number of tetrazole rings is 1. The van der Waals surface area contributed by atoms with Gasteiger partial charge < -0.3 is 4.74 Å². The minimum Gasteiger partial charge on any atom is -0.497 e. The lowest BCUT2D eigenvalue weighted by Crippen LogP contribution is -2.00. The molecule has 1 heterocycles. The predicted molar refractivity (Wildman–Crippen MR) is 91.5 cm³/mol. The number of rotatable bonds is 6. The molecule has 1 atom stereocenters. The second-order valence-corrected chi connectivity index (χ2v) is 6.27. The molecule has 118 valence electrons. The van der Waals surface area contributed by atoms with E-state index in [4.69, 9.17) is 16.3 Å². The van der Waals surface area contributed by atoms with Crippen molar-refractivity contribution in [2.24, 2.45) is 0 Å². The molecule has 23 heavy (non-hydrogen) atoms. The number of alkyl halides is 1. The van der Waals surface area contributed by atoms with Crippen molar-refractivity contribution in [1.82, 2.24) is 20.2 Å². The maximum atomic E-state index is 6.48. The van der Waals surface area contributed by atoms with Gasteiger partial charge in [0.25, 0.3) is 0 Å². The molecule has 0 aliphatic heterocycles. The van der Waals surface area contributed by atoms with Crippen molar-refractivity contribution in [3.05, 3.63) is 60.2 Å². The average molecular weight is 347 g/mol. The van der Waals surface area contributed by atoms with Gasteiger partial charge in [-0.3, -0.25) is 0 Å². The second-order valence-electron chi connectivity index (χ2n) is 4.76. The summed E-state index contributed by atoms with van der Waals surface area (Å²) in [5, 5.41) is 12.4. The summed E-state index contributed by atoms with van der Waals surface area (Å²) in [6.45, 7) is 0. The number of benzene rings is 2. The Hall–Kier alpha value is -2.05. The van der Waals surface area contributed by atoms with Crippen molar-refractivity contribution in [2.75, 3.05) is 12.9 Å². The summed E-state index contributed by atoms with van der Waals surface area (Å²) in [6, 6.07) is 17.5. The highest BCUT2D eigenvalue weighted by Gasteiger charge is 2.13. The van der Waals surface area contributed by atoms with Crippen LogP contribution < -0.4 is 4.74 Å². The van der Waals surface area contributed by atoms with Crippen LogP contribution in [0.15, 0.2) is 59.8 Å². The monoisotopic (exact) mass is 346 g/mol. The van der Waals surface area contributed by atoms with Crippen LogP contribution in [-0.4, -0.2) is 33.1 Å². The topological polar surface area (TPSA) is 52.8 Å². The van der Waals surface area contributed by atoms with Crippen LogP contribution in [0.2, 0.25) is 0 Å². The summed E-state index contributed by atoms with van der Waals surface area (Å²) >= 11 is 8.00. The number of methoxy groups -OCH3 is 1. The number of ether oxygens (including phenoxy) is 1. The molecule has 1 aromatic heterocycles. The summed E-state index contributed by atoms with van der Waals surface area (Å²) in [4.78, 5) is 0. The molecule has 0 saturated heterocycles. The van der Waals surface area contributed by atoms with Gasteiger partial charge in [-0.05, 0) is 40.3 Å². The van der Waals surface area contributed by atoms with E-state index in [9.17, 15) is 0 Å². The number of para-hydroxylation sites is 1. The molecule has 0 spiro atoms. The Morgan fingerprint density at radius 1 is 1.13 bits per heavy atom. The van der Waals surface area contributed by atoms with Crippen LogP contribution in [0.3, 0.4) is 0 Å². The molecular formula is C16H15ClN4OS. The Morgan fingerprint density at radius 3 is 2.57 bits per heavy atom. The fraction of sp³-hybridized carbons (Fsp3) is 0.188. The van der Waals surface area contributed by atoms with Crippen molar-refractivity contribution in [3.63, 3.8) is 0 Å². The molecule has 3 aromatic rings. The standard InChI is InChI=1S/C16H15ClN4OS/c1-22-14-9-7-12(8-10-14)15(17)11-23-16-18-19-20-21(16)13-5-3-2-4-6-13/h2-10,15H,11H2,1H3/t15-/m1/s1. The van der Waals surface area contributed by atoms with E-state index in [0.29, 0.717) is 5.75 Å². The predicted octanol–water partition coefficient (Wildman–Crippen LogP) is 3.74. The van der Waals surface area contributed by atoms with E-state index in [1.54, 1.807) is 11.8 Å². The van der Waals surface area contributed by atoms with Gasteiger partial charge in [0, 0.05) is 5.75 Å². The van der Waals surface area contributed by atoms with Gasteiger partial charge in [0.15, 0.2) is 0 Å². The molecule has 0 N–H and O–H groups in total. The Balaban J connectivity index is 1.68. The van der Waals surface area contributed by atoms with Crippen molar-refractivity contribution in [1.29, 1.82) is 0 Å². The Bertz CT molecular complexity index is 748. The normalized spacial score (nSPS) is 12.1. The number of hydrogen-bond acceptors (Lipinski definition) is 5. The number of nitrogens with zero attached hydrogens (tertiary/aromatic N) is 4. The SMILES string of the molecule is COc1ccc([C@H](Cl)CSc2nnnn2-c2ccccc2)cc1. The van der Waals surface area contributed by atoms with E-state index in [2.05, 4.69) is 15.5 Å². The fourth-order valence-electron chi connectivity index (χ4n) is 2.06. The highest BCUT2D eigenvalue weighted by molar-refractivity contribution is 7.99. The molecule has 5 nitrogen and oxygen atoms in total. The van der Waals surface area contributed by atoms with Crippen LogP contribution in [-0.2, 0) is 0 Å². The minimum atomic E-state index is -0.133. The van der Waals surface area contributed by atoms with E-state index in [-0.39, 0.29) is 5.38 Å². The van der Waals surface area contributed by atoms with Crippen molar-refractivity contribution < 1.29 is 4.74 Å². The van der Waals surface area contributed by atoms with Crippen LogP contribution in [0.1, 0.15) is 10.9 Å². The van der Waals surface area contributed by atoms with Crippen molar-refractivity contribution >= 4 is 23.4 Å². The third-order valence-electron chi connectivity index (χ3n) is 3.28. The summed E-state index contributed by atoms with van der Waals surface area (Å²) in [5.41, 5.74) is 1.97. The third kappa shape index (κ3) is 3.83. The summed E-state index contributed by atoms with van der Waals surface area (Å²) in [5.74, 6) is 1.49. The lowest BCUT2D eigenvalue weighted by Gasteiger charge is -2.10. The quantitative estimate of drug-likeness (QED) is 0.502. The van der Waals surface area contributed by atoms with Gasteiger partial charge in [-0.1, -0.05) is 42.1 Å². The van der Waals surface area contributed by atoms with Crippen LogP contribution in [0.25, 0.3) is 5.69 Å². The smallest absolute Gasteiger partial charge is 0.214 e. The first kappa shape index (κ1) is 15.8. The number of aromatic nitrogens is 4. The van der Waals surface area contributed by atoms with Gasteiger partial charge in [-0.2, -0.15) is 4.68 Å². The van der Waals surface area contributed by atoms with Gasteiger partial charge in [0.1, 0.15) is 5.75 Å². The first-order valence-electron chi connectivity index (χ1n) is 7.02. The molecule has 0 saturated carbocycles. The Labute approximate surface area is 143 Å². The number of thioether (sulfide) groups is 1. The van der Waals surface area contributed by atoms with E-state index in [0.717, 1.165) is 22.2 Å². The maximum absolute atomic E-state index is 6.48. The Kier molecular flexibility index (Phi) is 5.15. The lowest BCUT2D eigenvalue weighted by atomic mass is 10.1. The van der Waals surface area contributed by atoms with E-state index >= 15 is 0 Å². The van der Waals surface area contributed by atoms with Crippen LogP contribution in [0, 0.1) is 0 Å². The molecule has 2 aromatic carbocycles. The first-order chi connectivity index (χ1) is 11.3. The molecule has 0 unspecified atom stereocenters. The van der Waals surface area contributed by atoms with Crippen LogP contribution in [0.4, 0.5) is 0 Å². The zero-order chi connectivity index (χ0) is 16.1. The fourth-order valence-corrected chi connectivity index (χ4v) is 3.24. The second kappa shape index (κ2) is 7.48. The van der Waals surface area contributed by atoms with Gasteiger partial charge >= 0.3 is 0 Å². The van der Waals surface area contributed by atoms with Gasteiger partial charge in [0.05, 0.1) is 18.2 Å². The molecule has 0 bridgehead atoms. The van der Waals surface area contributed by atoms with Crippen molar-refractivity contribution in [3.8, 4) is 11.4 Å². The molecule has 3 rings (SSSR count). The molecule has 7 heteroatoms. The minimum absolute atomic E-state index is 0.133. The first-order valence-corrected chi connectivity index (χ1v) is 8.45. The average Bonchev–Trinajstić information content (AvgIpc) is 3.09. The van der Waals surface area contributed by atoms with Crippen LogP contribution >= 0.6 is 23.4 Å². The van der Waals surface area contributed by atoms with Gasteiger partial charge in [-0.15, -0.1) is 16.7 Å². The van der Waals surface area contributed by atoms with Crippen molar-refractivity contribution in [2.45, 2.75) is 10.5 Å². The molecule has 0 fully saturated rings. The largest absolute Gasteiger partial charge is 0.497 e. The van der Waals surface area contributed by atoms with Crippen LogP contribution in [0.5, 0.6) is 5.75 Å². The lowest BCUT2D eigenvalue weighted by molar-refractivity contribution is 0.414. The maximum Gasteiger partial charge on any atom is 0.214 e. The third-order valence-corrected chi connectivity index (χ3v) is 4.88. The summed E-state index contributed by atoms with van der Waals surface area (Å²) < 4.78 is 6.86. The number of halogens is 1. The van der Waals surface area contributed by atoms with E-state index < -0.39 is 0 Å². The molecule has 0 aliphatic rings. The molecule has 0 radical (unpaired) electrons. The highest BCUT2D eigenvalue weighted by atomic mass is 35.5. The molecule has 0 amide bonds. The van der Waals surface area contributed by atoms with Gasteiger partial charge in [0.2, 0.25) is 5.16 Å². The zero-order valence-electron chi connectivity index (χ0n) is 12.5. The number of hydrogen-bond donors (Lipinski definition) is 0. The van der Waals surface area contributed by atoms with E-state index in [1.807, 2.05) is 54.6 Å². The molecule has 0 aliphatic carbocycles. The van der Waals surface area contributed by atoms with E-state index in [1.165, 1.54) is 11.8 Å². The zero-order valence-corrected chi connectivity index (χ0v) is 14.0. The Morgan fingerprint density at radius 2 is 1.87 bits per heavy atom. The highest BCUT2D eigenvalue weighted by Crippen LogP contribution is 2.29. The summed E-state index contributed by atoms with van der Waals surface area (Å²) in [7, 11) is 1.65. The molecular weight excluding hydrogens is 332 g/mol.